The summed E-state index contributed by atoms with van der Waals surface area (Å²) in [7, 11) is 1.82. The molecule has 0 spiro atoms. The van der Waals surface area contributed by atoms with Crippen LogP contribution in [0.15, 0.2) is 10.1 Å². The number of carbonyl (C=O) groups excluding carboxylic acids is 2. The molecule has 0 radical (unpaired) electrons. The lowest BCUT2D eigenvalue weighted by Crippen LogP contribution is -2.47. The number of nitrogens with zero attached hydrogens (tertiary/aromatic N) is 2. The Morgan fingerprint density at radius 3 is 1.79 bits per heavy atom. The van der Waals surface area contributed by atoms with Gasteiger partial charge in [-0.15, -0.1) is 0 Å². The van der Waals surface area contributed by atoms with Crippen LogP contribution in [0.2, 0.25) is 0 Å². The highest BCUT2D eigenvalue weighted by Crippen LogP contribution is 2.19. The van der Waals surface area contributed by atoms with Crippen LogP contribution in [0.4, 0.5) is 0 Å². The Bertz CT molecular complexity index is 696. The molecule has 1 atom stereocenters. The Morgan fingerprint density at radius 1 is 0.789 bits per heavy atom. The van der Waals surface area contributed by atoms with Crippen molar-refractivity contribution in [3.63, 3.8) is 0 Å². The van der Waals surface area contributed by atoms with Gasteiger partial charge < -0.3 is 20.6 Å². The van der Waals surface area contributed by atoms with Crippen LogP contribution in [-0.4, -0.2) is 72.6 Å². The van der Waals surface area contributed by atoms with Gasteiger partial charge in [-0.1, -0.05) is 12.1 Å². The van der Waals surface area contributed by atoms with Crippen molar-refractivity contribution in [3.05, 3.63) is 0 Å². The Balaban J connectivity index is 4.56. The summed E-state index contributed by atoms with van der Waals surface area (Å²) in [5, 5.41) is 19.6. The van der Waals surface area contributed by atoms with Crippen LogP contribution >= 0.6 is 0 Å². The van der Waals surface area contributed by atoms with E-state index in [0.29, 0.717) is 50.3 Å². The second kappa shape index (κ2) is 20.3. The standard InChI is InChI=1S/C30H58N4O4/c1-9-22-38-23-12-17-28(36)16-11-15-27(35)14-10-13-26(18-20-32-29(4,5)24(2)31-8)19-21-33-30(6,7)25(3)34-37/h26,32-33,37H,9-23H2,1-8H3/b31-24?,34-25+. The van der Waals surface area contributed by atoms with E-state index in [1.54, 1.807) is 0 Å². The van der Waals surface area contributed by atoms with Gasteiger partial charge in [-0.25, -0.2) is 0 Å². The molecule has 0 aliphatic carbocycles. The number of ketones is 2. The zero-order valence-corrected chi connectivity index (χ0v) is 25.8. The van der Waals surface area contributed by atoms with Crippen molar-refractivity contribution >= 4 is 23.0 Å². The molecule has 0 fully saturated rings. The monoisotopic (exact) mass is 538 g/mol. The zero-order valence-electron chi connectivity index (χ0n) is 25.8. The van der Waals surface area contributed by atoms with Gasteiger partial charge in [0.15, 0.2) is 0 Å². The highest BCUT2D eigenvalue weighted by atomic mass is 16.5. The van der Waals surface area contributed by atoms with Gasteiger partial charge in [0, 0.05) is 51.7 Å². The van der Waals surface area contributed by atoms with E-state index in [1.807, 2.05) is 34.7 Å². The minimum atomic E-state index is -0.371. The number of nitrogens with one attached hydrogen (secondary N) is 2. The van der Waals surface area contributed by atoms with Crippen LogP contribution < -0.4 is 10.6 Å². The molecule has 0 saturated carbocycles. The molecule has 38 heavy (non-hydrogen) atoms. The molecular weight excluding hydrogens is 480 g/mol. The molecule has 0 aromatic heterocycles. The second-order valence-corrected chi connectivity index (χ2v) is 11.6. The highest BCUT2D eigenvalue weighted by Gasteiger charge is 2.23. The maximum atomic E-state index is 12.4. The van der Waals surface area contributed by atoms with Crippen LogP contribution in [0.3, 0.4) is 0 Å². The van der Waals surface area contributed by atoms with E-state index in [9.17, 15) is 9.59 Å². The Hall–Kier alpha value is -1.64. The maximum Gasteiger partial charge on any atom is 0.133 e. The molecule has 0 aromatic carbocycles. The highest BCUT2D eigenvalue weighted by molar-refractivity contribution is 5.90. The largest absolute Gasteiger partial charge is 0.411 e. The topological polar surface area (TPSA) is 112 Å². The molecule has 8 nitrogen and oxygen atoms in total. The van der Waals surface area contributed by atoms with E-state index in [2.05, 4.69) is 41.6 Å². The Labute approximate surface area is 232 Å². The number of hydrogen-bond donors (Lipinski definition) is 3. The van der Waals surface area contributed by atoms with Crippen molar-refractivity contribution in [1.29, 1.82) is 0 Å². The molecule has 0 bridgehead atoms. The van der Waals surface area contributed by atoms with Crippen molar-refractivity contribution in [2.24, 2.45) is 16.1 Å². The summed E-state index contributed by atoms with van der Waals surface area (Å²) in [6.45, 7) is 17.3. The van der Waals surface area contributed by atoms with Crippen molar-refractivity contribution in [3.8, 4) is 0 Å². The van der Waals surface area contributed by atoms with Crippen molar-refractivity contribution < 1.29 is 19.5 Å². The average molecular weight is 539 g/mol. The van der Waals surface area contributed by atoms with Gasteiger partial charge in [0.25, 0.3) is 0 Å². The molecule has 0 rings (SSSR count). The van der Waals surface area contributed by atoms with Crippen molar-refractivity contribution in [2.75, 3.05) is 33.4 Å². The number of hydrogen-bond acceptors (Lipinski definition) is 8. The number of oxime groups is 1. The van der Waals surface area contributed by atoms with Gasteiger partial charge in [0.1, 0.15) is 11.6 Å². The normalized spacial score (nSPS) is 14.1. The predicted molar refractivity (Wildman–Crippen MR) is 159 cm³/mol. The van der Waals surface area contributed by atoms with Gasteiger partial charge in [-0.05, 0) is 105 Å². The van der Waals surface area contributed by atoms with Gasteiger partial charge in [0.2, 0.25) is 0 Å². The summed E-state index contributed by atoms with van der Waals surface area (Å²) in [5.74, 6) is 0.954. The maximum absolute atomic E-state index is 12.4. The Morgan fingerprint density at radius 2 is 1.29 bits per heavy atom. The number of aliphatic imine (C=N–C) groups is 1. The number of ether oxygens (including phenoxy) is 1. The first-order valence-corrected chi connectivity index (χ1v) is 14.6. The van der Waals surface area contributed by atoms with Gasteiger partial charge in [0.05, 0.1) is 16.8 Å². The molecule has 1 unspecified atom stereocenters. The van der Waals surface area contributed by atoms with E-state index in [4.69, 9.17) is 9.94 Å². The second-order valence-electron chi connectivity index (χ2n) is 11.6. The molecule has 0 heterocycles. The lowest BCUT2D eigenvalue weighted by Gasteiger charge is -2.29. The van der Waals surface area contributed by atoms with Gasteiger partial charge in [-0.2, -0.15) is 0 Å². The lowest BCUT2D eigenvalue weighted by atomic mass is 9.91. The first-order valence-electron chi connectivity index (χ1n) is 14.6. The first-order chi connectivity index (χ1) is 17.9. The fourth-order valence-corrected chi connectivity index (χ4v) is 4.21. The number of rotatable bonds is 24. The molecule has 8 heteroatoms. The van der Waals surface area contributed by atoms with Crippen LogP contribution in [0.25, 0.3) is 0 Å². The van der Waals surface area contributed by atoms with E-state index < -0.39 is 0 Å². The average Bonchev–Trinajstić information content (AvgIpc) is 2.86. The van der Waals surface area contributed by atoms with E-state index in [-0.39, 0.29) is 22.6 Å². The fraction of sp³-hybridized carbons (Fsp3) is 0.867. The molecular formula is C30H58N4O4. The van der Waals surface area contributed by atoms with E-state index in [0.717, 1.165) is 63.9 Å². The molecule has 3 N–H and O–H groups in total. The summed E-state index contributed by atoms with van der Waals surface area (Å²) in [4.78, 5) is 28.8. The lowest BCUT2D eigenvalue weighted by molar-refractivity contribution is -0.120. The summed E-state index contributed by atoms with van der Waals surface area (Å²) in [5.41, 5.74) is 1.21. The quantitative estimate of drug-likeness (QED) is 0.0625. The SMILES string of the molecule is CCCOCCCC(=O)CCCC(=O)CCCC(CCNC(C)(C)C(C)=NC)CCNC(C)(C)/C(C)=N/O. The molecule has 222 valence electrons. The summed E-state index contributed by atoms with van der Waals surface area (Å²) < 4.78 is 5.42. The summed E-state index contributed by atoms with van der Waals surface area (Å²) in [6, 6.07) is 0. The number of carbonyl (C=O) groups is 2. The third-order valence-corrected chi connectivity index (χ3v) is 7.61. The minimum Gasteiger partial charge on any atom is -0.411 e. The van der Waals surface area contributed by atoms with Gasteiger partial charge in [-0.3, -0.25) is 14.6 Å². The van der Waals surface area contributed by atoms with E-state index >= 15 is 0 Å². The van der Waals surface area contributed by atoms with Crippen LogP contribution in [-0.2, 0) is 14.3 Å². The van der Waals surface area contributed by atoms with Crippen LogP contribution in [0, 0.1) is 5.92 Å². The minimum absolute atomic E-state index is 0.149. The first kappa shape index (κ1) is 36.4. The van der Waals surface area contributed by atoms with E-state index in [1.165, 1.54) is 0 Å². The molecule has 0 amide bonds. The Kier molecular flexibility index (Phi) is 19.4. The smallest absolute Gasteiger partial charge is 0.133 e. The van der Waals surface area contributed by atoms with Gasteiger partial charge >= 0.3 is 0 Å². The third-order valence-electron chi connectivity index (χ3n) is 7.61. The molecule has 0 saturated heterocycles. The summed E-state index contributed by atoms with van der Waals surface area (Å²) >= 11 is 0. The predicted octanol–water partition coefficient (Wildman–Crippen LogP) is 5.75. The van der Waals surface area contributed by atoms with Crippen LogP contribution in [0.5, 0.6) is 0 Å². The fourth-order valence-electron chi connectivity index (χ4n) is 4.21. The zero-order chi connectivity index (χ0) is 29.0. The van der Waals surface area contributed by atoms with Crippen molar-refractivity contribution in [2.45, 2.75) is 130 Å². The molecule has 0 aromatic rings. The summed E-state index contributed by atoms with van der Waals surface area (Å²) in [6.07, 6.45) is 8.36. The van der Waals surface area contributed by atoms with Crippen molar-refractivity contribution in [1.82, 2.24) is 10.6 Å². The van der Waals surface area contributed by atoms with Crippen LogP contribution in [0.1, 0.15) is 119 Å². The molecule has 0 aliphatic rings. The third kappa shape index (κ3) is 17.0. The molecule has 0 aliphatic heterocycles. The number of Topliss-reactive ketones (excluding diaryl/α,β-unsaturated/α-hetero) is 2.